The van der Waals surface area contributed by atoms with Crippen LogP contribution in [0.25, 0.3) is 10.6 Å². The maximum absolute atomic E-state index is 13.9. The van der Waals surface area contributed by atoms with E-state index in [9.17, 15) is 13.2 Å². The molecule has 1 unspecified atom stereocenters. The molecule has 0 fully saturated rings. The number of nitrogens with zero attached hydrogens (tertiary/aromatic N) is 1. The van der Waals surface area contributed by atoms with Crippen molar-refractivity contribution < 1.29 is 13.2 Å². The number of hydrogen-bond donors (Lipinski definition) is 1. The van der Waals surface area contributed by atoms with Crippen molar-refractivity contribution in [1.82, 2.24) is 10.3 Å². The molecule has 1 aliphatic carbocycles. The van der Waals surface area contributed by atoms with Crippen LogP contribution < -0.4 is 5.32 Å². The van der Waals surface area contributed by atoms with Crippen molar-refractivity contribution >= 4 is 11.3 Å². The standard InChI is InChI=1S/C15H15F3N2S/c1-19-7-8-3-2-4-12-14(8)20-15(21-12)13-10(17)5-9(16)6-11(13)18/h5-6,8,19H,2-4,7H2,1H3. The molecule has 0 saturated heterocycles. The number of aromatic nitrogens is 1. The van der Waals surface area contributed by atoms with E-state index in [0.717, 1.165) is 36.4 Å². The van der Waals surface area contributed by atoms with Crippen molar-refractivity contribution in [3.63, 3.8) is 0 Å². The number of halogens is 3. The molecule has 1 aliphatic rings. The second-order valence-electron chi connectivity index (χ2n) is 5.22. The third-order valence-corrected chi connectivity index (χ3v) is 4.89. The molecule has 1 aromatic heterocycles. The molecule has 1 aromatic carbocycles. The van der Waals surface area contributed by atoms with Crippen LogP contribution in [0.2, 0.25) is 0 Å². The fraction of sp³-hybridized carbons (Fsp3) is 0.400. The molecule has 0 saturated carbocycles. The van der Waals surface area contributed by atoms with E-state index in [1.807, 2.05) is 7.05 Å². The molecule has 1 atom stereocenters. The van der Waals surface area contributed by atoms with Crippen LogP contribution in [-0.4, -0.2) is 18.6 Å². The molecule has 3 rings (SSSR count). The van der Waals surface area contributed by atoms with Gasteiger partial charge in [-0.2, -0.15) is 0 Å². The van der Waals surface area contributed by atoms with Gasteiger partial charge >= 0.3 is 0 Å². The maximum atomic E-state index is 13.9. The predicted octanol–water partition coefficient (Wildman–Crippen LogP) is 3.87. The van der Waals surface area contributed by atoms with E-state index >= 15 is 0 Å². The number of benzene rings is 1. The maximum Gasteiger partial charge on any atom is 0.139 e. The van der Waals surface area contributed by atoms with Crippen LogP contribution in [0.1, 0.15) is 29.3 Å². The lowest BCUT2D eigenvalue weighted by atomic mass is 9.91. The topological polar surface area (TPSA) is 24.9 Å². The Morgan fingerprint density at radius 2 is 2.00 bits per heavy atom. The summed E-state index contributed by atoms with van der Waals surface area (Å²) in [6.07, 6.45) is 2.96. The highest BCUT2D eigenvalue weighted by molar-refractivity contribution is 7.15. The Morgan fingerprint density at radius 1 is 1.29 bits per heavy atom. The molecule has 0 aliphatic heterocycles. The van der Waals surface area contributed by atoms with Crippen molar-refractivity contribution in [3.05, 3.63) is 40.2 Å². The smallest absolute Gasteiger partial charge is 0.139 e. The van der Waals surface area contributed by atoms with Crippen LogP contribution >= 0.6 is 11.3 Å². The molecule has 2 nitrogen and oxygen atoms in total. The van der Waals surface area contributed by atoms with Gasteiger partial charge in [0, 0.05) is 29.5 Å². The Bertz CT molecular complexity index is 646. The van der Waals surface area contributed by atoms with Gasteiger partial charge in [-0.25, -0.2) is 18.2 Å². The highest BCUT2D eigenvalue weighted by Gasteiger charge is 2.26. The Balaban J connectivity index is 2.06. The number of hydrogen-bond acceptors (Lipinski definition) is 3. The first-order valence-corrected chi connectivity index (χ1v) is 7.71. The van der Waals surface area contributed by atoms with Gasteiger partial charge in [0.15, 0.2) is 0 Å². The van der Waals surface area contributed by atoms with Gasteiger partial charge in [0.25, 0.3) is 0 Å². The van der Waals surface area contributed by atoms with Crippen molar-refractivity contribution in [1.29, 1.82) is 0 Å². The molecular weight excluding hydrogens is 297 g/mol. The third kappa shape index (κ3) is 2.70. The zero-order valence-electron chi connectivity index (χ0n) is 11.5. The Labute approximate surface area is 125 Å². The summed E-state index contributed by atoms with van der Waals surface area (Å²) in [4.78, 5) is 5.53. The second kappa shape index (κ2) is 5.77. The average molecular weight is 312 g/mol. The third-order valence-electron chi connectivity index (χ3n) is 3.74. The molecule has 2 aromatic rings. The predicted molar refractivity (Wildman–Crippen MR) is 77.0 cm³/mol. The van der Waals surface area contributed by atoms with Gasteiger partial charge in [0.05, 0.1) is 11.3 Å². The van der Waals surface area contributed by atoms with Gasteiger partial charge in [-0.3, -0.25) is 0 Å². The van der Waals surface area contributed by atoms with Crippen molar-refractivity contribution in [2.45, 2.75) is 25.2 Å². The van der Waals surface area contributed by atoms with E-state index in [0.29, 0.717) is 17.1 Å². The average Bonchev–Trinajstić information content (AvgIpc) is 2.82. The zero-order chi connectivity index (χ0) is 15.0. The number of thiazole rings is 1. The summed E-state index contributed by atoms with van der Waals surface area (Å²) in [7, 11) is 1.88. The SMILES string of the molecule is CNCC1CCCc2sc(-c3c(F)cc(F)cc3F)nc21. The number of fused-ring (bicyclic) bond motifs is 1. The number of nitrogens with one attached hydrogen (secondary N) is 1. The first-order chi connectivity index (χ1) is 10.1. The van der Waals surface area contributed by atoms with E-state index in [1.54, 1.807) is 0 Å². The molecule has 21 heavy (non-hydrogen) atoms. The normalized spacial score (nSPS) is 17.8. The Morgan fingerprint density at radius 3 is 2.67 bits per heavy atom. The summed E-state index contributed by atoms with van der Waals surface area (Å²) in [5.74, 6) is -2.44. The number of aryl methyl sites for hydroxylation is 1. The van der Waals surface area contributed by atoms with Gasteiger partial charge in [0.2, 0.25) is 0 Å². The summed E-state index contributed by atoms with van der Waals surface area (Å²) in [5, 5.41) is 3.43. The van der Waals surface area contributed by atoms with Gasteiger partial charge in [0.1, 0.15) is 22.5 Å². The van der Waals surface area contributed by atoms with Gasteiger partial charge in [-0.05, 0) is 26.3 Å². The number of likely N-dealkylation sites (N-methyl/N-ethyl adjacent to an activating group) is 1. The first kappa shape index (κ1) is 14.5. The van der Waals surface area contributed by atoms with Crippen LogP contribution in [0.15, 0.2) is 12.1 Å². The largest absolute Gasteiger partial charge is 0.319 e. The van der Waals surface area contributed by atoms with Crippen LogP contribution in [0.5, 0.6) is 0 Å². The zero-order valence-corrected chi connectivity index (χ0v) is 12.4. The molecule has 0 bridgehead atoms. The highest BCUT2D eigenvalue weighted by Crippen LogP contribution is 2.39. The van der Waals surface area contributed by atoms with Crippen LogP contribution in [0.3, 0.4) is 0 Å². The lowest BCUT2D eigenvalue weighted by Crippen LogP contribution is -2.21. The quantitative estimate of drug-likeness (QED) is 0.931. The second-order valence-corrected chi connectivity index (χ2v) is 6.30. The molecule has 0 radical (unpaired) electrons. The van der Waals surface area contributed by atoms with Gasteiger partial charge < -0.3 is 5.32 Å². The van der Waals surface area contributed by atoms with E-state index in [4.69, 9.17) is 0 Å². The summed E-state index contributed by atoms with van der Waals surface area (Å²) in [5.41, 5.74) is 0.706. The minimum Gasteiger partial charge on any atom is -0.319 e. The molecular formula is C15H15F3N2S. The van der Waals surface area contributed by atoms with Crippen molar-refractivity contribution in [2.75, 3.05) is 13.6 Å². The van der Waals surface area contributed by atoms with E-state index < -0.39 is 17.5 Å². The van der Waals surface area contributed by atoms with Crippen LogP contribution in [-0.2, 0) is 6.42 Å². The Kier molecular flexibility index (Phi) is 3.99. The summed E-state index contributed by atoms with van der Waals surface area (Å²) in [6.45, 7) is 0.796. The molecule has 1 heterocycles. The van der Waals surface area contributed by atoms with Crippen LogP contribution in [0, 0.1) is 17.5 Å². The fourth-order valence-corrected chi connectivity index (χ4v) is 4.04. The lowest BCUT2D eigenvalue weighted by Gasteiger charge is -2.20. The molecule has 0 amide bonds. The van der Waals surface area contributed by atoms with Gasteiger partial charge in [-0.1, -0.05) is 0 Å². The van der Waals surface area contributed by atoms with E-state index in [2.05, 4.69) is 10.3 Å². The minimum atomic E-state index is -0.914. The van der Waals surface area contributed by atoms with E-state index in [-0.39, 0.29) is 11.5 Å². The molecule has 1 N–H and O–H groups in total. The van der Waals surface area contributed by atoms with Crippen molar-refractivity contribution in [2.24, 2.45) is 0 Å². The highest BCUT2D eigenvalue weighted by atomic mass is 32.1. The van der Waals surface area contributed by atoms with Gasteiger partial charge in [-0.15, -0.1) is 11.3 Å². The molecule has 0 spiro atoms. The summed E-state index contributed by atoms with van der Waals surface area (Å²) in [6, 6.07) is 1.40. The monoisotopic (exact) mass is 312 g/mol. The summed E-state index contributed by atoms with van der Waals surface area (Å²) < 4.78 is 40.8. The minimum absolute atomic E-state index is 0.223. The van der Waals surface area contributed by atoms with Crippen molar-refractivity contribution in [3.8, 4) is 10.6 Å². The number of rotatable bonds is 3. The first-order valence-electron chi connectivity index (χ1n) is 6.89. The fourth-order valence-electron chi connectivity index (χ4n) is 2.81. The molecule has 112 valence electrons. The van der Waals surface area contributed by atoms with E-state index in [1.165, 1.54) is 11.3 Å². The Hall–Kier alpha value is -1.40. The lowest BCUT2D eigenvalue weighted by molar-refractivity contribution is 0.522. The molecule has 6 heteroatoms. The summed E-state index contributed by atoms with van der Waals surface area (Å²) >= 11 is 1.31. The van der Waals surface area contributed by atoms with Crippen LogP contribution in [0.4, 0.5) is 13.2 Å².